The van der Waals surface area contributed by atoms with Crippen molar-refractivity contribution in [3.05, 3.63) is 24.3 Å². The number of anilines is 1. The summed E-state index contributed by atoms with van der Waals surface area (Å²) in [7, 11) is 0. The first-order valence-electron chi connectivity index (χ1n) is 9.10. The van der Waals surface area contributed by atoms with Gasteiger partial charge in [-0.15, -0.1) is 0 Å². The van der Waals surface area contributed by atoms with Crippen LogP contribution in [0, 0.1) is 11.7 Å². The second-order valence-electron chi connectivity index (χ2n) is 6.91. The number of rotatable bonds is 5. The van der Waals surface area contributed by atoms with Gasteiger partial charge in [0, 0.05) is 19.3 Å². The predicted molar refractivity (Wildman–Crippen MR) is 92.4 cm³/mol. The number of nitrogens with one attached hydrogen (secondary N) is 1. The number of hydrogen-bond acceptors (Lipinski definition) is 3. The first-order chi connectivity index (χ1) is 11.7. The first-order valence-corrected chi connectivity index (χ1v) is 9.10. The van der Waals surface area contributed by atoms with Gasteiger partial charge in [-0.3, -0.25) is 4.98 Å². The second-order valence-corrected chi connectivity index (χ2v) is 6.91. The third kappa shape index (κ3) is 4.66. The van der Waals surface area contributed by atoms with E-state index in [0.29, 0.717) is 5.92 Å². The smallest absolute Gasteiger partial charge is 0.321 e. The lowest BCUT2D eigenvalue weighted by atomic mass is 9.92. The Morgan fingerprint density at radius 1 is 1.25 bits per heavy atom. The van der Waals surface area contributed by atoms with E-state index in [0.717, 1.165) is 32.1 Å². The van der Waals surface area contributed by atoms with Crippen LogP contribution in [0.2, 0.25) is 0 Å². The van der Waals surface area contributed by atoms with Crippen LogP contribution in [-0.2, 0) is 0 Å². The molecule has 1 N–H and O–H groups in total. The van der Waals surface area contributed by atoms with Gasteiger partial charge in [0.25, 0.3) is 0 Å². The maximum absolute atomic E-state index is 13.5. The molecule has 2 fully saturated rings. The van der Waals surface area contributed by atoms with Crippen LogP contribution in [0.1, 0.15) is 38.5 Å². The number of halogens is 1. The molecular formula is C18H27FN4O. The molecule has 2 aliphatic rings. The molecule has 0 bridgehead atoms. The molecule has 1 aromatic rings. The van der Waals surface area contributed by atoms with Crippen molar-refractivity contribution in [2.24, 2.45) is 5.92 Å². The monoisotopic (exact) mass is 334 g/mol. The molecule has 132 valence electrons. The van der Waals surface area contributed by atoms with Gasteiger partial charge < -0.3 is 15.1 Å². The number of aromatic nitrogens is 1. The van der Waals surface area contributed by atoms with Crippen molar-refractivity contribution < 1.29 is 9.18 Å². The molecule has 0 saturated carbocycles. The molecule has 3 heterocycles. The summed E-state index contributed by atoms with van der Waals surface area (Å²) in [6, 6.07) is 1.27. The summed E-state index contributed by atoms with van der Waals surface area (Å²) >= 11 is 0. The van der Waals surface area contributed by atoms with Crippen LogP contribution in [0.4, 0.5) is 14.9 Å². The van der Waals surface area contributed by atoms with Crippen molar-refractivity contribution in [2.45, 2.75) is 38.5 Å². The molecule has 0 radical (unpaired) electrons. The minimum Gasteiger partial charge on any atom is -0.325 e. The molecule has 24 heavy (non-hydrogen) atoms. The molecule has 1 aromatic heterocycles. The summed E-state index contributed by atoms with van der Waals surface area (Å²) in [4.78, 5) is 20.3. The Morgan fingerprint density at radius 3 is 2.71 bits per heavy atom. The summed E-state index contributed by atoms with van der Waals surface area (Å²) in [6.07, 6.45) is 9.91. The highest BCUT2D eigenvalue weighted by Gasteiger charge is 2.23. The van der Waals surface area contributed by atoms with Crippen LogP contribution in [-0.4, -0.2) is 53.5 Å². The number of urea groups is 1. The van der Waals surface area contributed by atoms with E-state index in [1.165, 1.54) is 57.6 Å². The molecule has 0 spiro atoms. The number of pyridine rings is 1. The SMILES string of the molecule is O=C(Nc1ccncc1F)N1CCC(CCCN2CCCC2)CC1. The first kappa shape index (κ1) is 17.1. The molecule has 0 atom stereocenters. The molecule has 3 rings (SSSR count). The highest BCUT2D eigenvalue weighted by Crippen LogP contribution is 2.23. The molecule has 5 nitrogen and oxygen atoms in total. The summed E-state index contributed by atoms with van der Waals surface area (Å²) in [5.41, 5.74) is 0.197. The Bertz CT molecular complexity index is 540. The highest BCUT2D eigenvalue weighted by molar-refractivity contribution is 5.89. The lowest BCUT2D eigenvalue weighted by Gasteiger charge is -2.32. The van der Waals surface area contributed by atoms with Crippen molar-refractivity contribution in [1.82, 2.24) is 14.8 Å². The number of nitrogens with zero attached hydrogens (tertiary/aromatic N) is 3. The largest absolute Gasteiger partial charge is 0.325 e. The van der Waals surface area contributed by atoms with Gasteiger partial charge in [0.15, 0.2) is 5.82 Å². The Kier molecular flexibility index (Phi) is 6.01. The van der Waals surface area contributed by atoms with Gasteiger partial charge in [-0.25, -0.2) is 9.18 Å². The lowest BCUT2D eigenvalue weighted by Crippen LogP contribution is -2.41. The zero-order valence-electron chi connectivity index (χ0n) is 14.2. The van der Waals surface area contributed by atoms with Crippen LogP contribution in [0.15, 0.2) is 18.5 Å². The standard InChI is InChI=1S/C18H27FN4O/c19-16-14-20-8-5-17(16)21-18(24)23-12-6-15(7-13-23)4-3-11-22-9-1-2-10-22/h5,8,14-15H,1-4,6-7,9-13H2,(H,20,21,24). The lowest BCUT2D eigenvalue weighted by molar-refractivity contribution is 0.177. The Hall–Kier alpha value is -1.69. The molecule has 2 aliphatic heterocycles. The molecule has 2 saturated heterocycles. The minimum absolute atomic E-state index is 0.197. The van der Waals surface area contributed by atoms with Crippen molar-refractivity contribution in [2.75, 3.05) is 38.0 Å². The van der Waals surface area contributed by atoms with Crippen LogP contribution < -0.4 is 5.32 Å². The van der Waals surface area contributed by atoms with Gasteiger partial charge in [0.05, 0.1) is 11.9 Å². The normalized spacial score (nSPS) is 19.6. The number of carbonyl (C=O) groups excluding carboxylic acids is 1. The fourth-order valence-electron chi connectivity index (χ4n) is 3.71. The van der Waals surface area contributed by atoms with Gasteiger partial charge in [-0.05, 0) is 70.1 Å². The Morgan fingerprint density at radius 2 is 2.00 bits per heavy atom. The van der Waals surface area contributed by atoms with E-state index < -0.39 is 5.82 Å². The maximum atomic E-state index is 13.5. The number of piperidine rings is 1. The van der Waals surface area contributed by atoms with Crippen molar-refractivity contribution in [3.8, 4) is 0 Å². The summed E-state index contributed by atoms with van der Waals surface area (Å²) in [5.74, 6) is 0.219. The maximum Gasteiger partial charge on any atom is 0.321 e. The predicted octanol–water partition coefficient (Wildman–Crippen LogP) is 3.34. The molecular weight excluding hydrogens is 307 g/mol. The summed E-state index contributed by atoms with van der Waals surface area (Å²) in [6.45, 7) is 5.27. The van der Waals surface area contributed by atoms with Gasteiger partial charge in [0.1, 0.15) is 0 Å². The zero-order chi connectivity index (χ0) is 16.8. The highest BCUT2D eigenvalue weighted by atomic mass is 19.1. The third-order valence-corrected chi connectivity index (χ3v) is 5.20. The molecule has 2 amide bonds. The molecule has 0 aromatic carbocycles. The van der Waals surface area contributed by atoms with Crippen LogP contribution in [0.5, 0.6) is 0 Å². The fourth-order valence-corrected chi connectivity index (χ4v) is 3.71. The molecule has 6 heteroatoms. The second kappa shape index (κ2) is 8.42. The van der Waals surface area contributed by atoms with Gasteiger partial charge in [-0.2, -0.15) is 0 Å². The Labute approximate surface area is 143 Å². The van der Waals surface area contributed by atoms with Gasteiger partial charge >= 0.3 is 6.03 Å². The van der Waals surface area contributed by atoms with E-state index in [2.05, 4.69) is 15.2 Å². The molecule has 0 aliphatic carbocycles. The van der Waals surface area contributed by atoms with Crippen LogP contribution in [0.25, 0.3) is 0 Å². The number of amides is 2. The van der Waals surface area contributed by atoms with Crippen molar-refractivity contribution in [1.29, 1.82) is 0 Å². The van der Waals surface area contributed by atoms with E-state index >= 15 is 0 Å². The third-order valence-electron chi connectivity index (χ3n) is 5.20. The number of hydrogen-bond donors (Lipinski definition) is 1. The van der Waals surface area contributed by atoms with E-state index in [-0.39, 0.29) is 11.7 Å². The average Bonchev–Trinajstić information content (AvgIpc) is 3.11. The van der Waals surface area contributed by atoms with Gasteiger partial charge in [0.2, 0.25) is 0 Å². The van der Waals surface area contributed by atoms with E-state index in [4.69, 9.17) is 0 Å². The van der Waals surface area contributed by atoms with Gasteiger partial charge in [-0.1, -0.05) is 0 Å². The van der Waals surface area contributed by atoms with Crippen molar-refractivity contribution in [3.63, 3.8) is 0 Å². The van der Waals surface area contributed by atoms with E-state index in [9.17, 15) is 9.18 Å². The summed E-state index contributed by atoms with van der Waals surface area (Å²) in [5, 5.41) is 2.64. The topological polar surface area (TPSA) is 48.5 Å². The minimum atomic E-state index is -0.498. The van der Waals surface area contributed by atoms with Crippen molar-refractivity contribution >= 4 is 11.7 Å². The van der Waals surface area contributed by atoms with E-state index in [1.54, 1.807) is 4.90 Å². The fraction of sp³-hybridized carbons (Fsp3) is 0.667. The van der Waals surface area contributed by atoms with E-state index in [1.807, 2.05) is 0 Å². The quantitative estimate of drug-likeness (QED) is 0.898. The molecule has 0 unspecified atom stereocenters. The average molecular weight is 334 g/mol. The zero-order valence-corrected chi connectivity index (χ0v) is 14.2. The van der Waals surface area contributed by atoms with Crippen LogP contribution in [0.3, 0.4) is 0 Å². The van der Waals surface area contributed by atoms with Crippen LogP contribution >= 0.6 is 0 Å². The number of carbonyl (C=O) groups is 1. The number of likely N-dealkylation sites (tertiary alicyclic amines) is 2. The Balaban J connectivity index is 1.36. The summed E-state index contributed by atoms with van der Waals surface area (Å²) < 4.78 is 13.5.